The van der Waals surface area contributed by atoms with E-state index in [1.54, 1.807) is 25.4 Å². The molecular formula is C15H17F3N6O. The van der Waals surface area contributed by atoms with Gasteiger partial charge in [-0.05, 0) is 12.2 Å². The highest BCUT2D eigenvalue weighted by molar-refractivity contribution is 6.11. The van der Waals surface area contributed by atoms with Gasteiger partial charge in [-0.15, -0.1) is 0 Å². The highest BCUT2D eigenvalue weighted by Gasteiger charge is 2.35. The molecular weight excluding hydrogens is 337 g/mol. The number of anilines is 2. The van der Waals surface area contributed by atoms with Crippen LogP contribution in [0.2, 0.25) is 0 Å². The number of halogens is 3. The molecule has 0 fully saturated rings. The third-order valence-electron chi connectivity index (χ3n) is 3.28. The molecule has 0 atom stereocenters. The van der Waals surface area contributed by atoms with Crippen molar-refractivity contribution < 1.29 is 17.9 Å². The van der Waals surface area contributed by atoms with E-state index in [1.165, 1.54) is 14.2 Å². The molecule has 1 heterocycles. The Morgan fingerprint density at radius 1 is 1.24 bits per heavy atom. The fraction of sp³-hybridized carbons (Fsp3) is 0.267. The van der Waals surface area contributed by atoms with Crippen molar-refractivity contribution in [3.63, 3.8) is 0 Å². The summed E-state index contributed by atoms with van der Waals surface area (Å²) in [5.74, 6) is -0.0239. The van der Waals surface area contributed by atoms with E-state index >= 15 is 0 Å². The van der Waals surface area contributed by atoms with E-state index in [0.717, 1.165) is 0 Å². The van der Waals surface area contributed by atoms with E-state index in [2.05, 4.69) is 25.9 Å². The van der Waals surface area contributed by atoms with E-state index in [9.17, 15) is 13.2 Å². The van der Waals surface area contributed by atoms with Crippen molar-refractivity contribution in [2.45, 2.75) is 6.18 Å². The van der Waals surface area contributed by atoms with Crippen LogP contribution >= 0.6 is 0 Å². The van der Waals surface area contributed by atoms with Crippen molar-refractivity contribution in [3.05, 3.63) is 47.1 Å². The summed E-state index contributed by atoms with van der Waals surface area (Å²) in [5, 5.41) is 16.0. The van der Waals surface area contributed by atoms with Crippen LogP contribution in [0.15, 0.2) is 41.6 Å². The standard InChI is InChI=1S/C15H17F3N6O/c1-20-6-8-10(19)4-5-11(25-3)12(8)23-14-22-7-9(15(16,17)18)13(21-2)24-14/h4-7,19-20H,1-3H3,(H2,21,22,23,24)/b8-6+,19-10?. The zero-order valence-corrected chi connectivity index (χ0v) is 13.7. The molecule has 7 nitrogen and oxygen atoms in total. The summed E-state index contributed by atoms with van der Waals surface area (Å²) in [6.45, 7) is 0. The van der Waals surface area contributed by atoms with Gasteiger partial charge in [0.15, 0.2) is 0 Å². The van der Waals surface area contributed by atoms with Gasteiger partial charge in [0.2, 0.25) is 5.95 Å². The van der Waals surface area contributed by atoms with Crippen LogP contribution in [-0.2, 0) is 10.9 Å². The van der Waals surface area contributed by atoms with Crippen molar-refractivity contribution in [1.82, 2.24) is 15.3 Å². The number of alkyl halides is 3. The molecule has 0 saturated carbocycles. The van der Waals surface area contributed by atoms with Gasteiger partial charge in [0.05, 0.1) is 18.5 Å². The molecule has 0 amide bonds. The average molecular weight is 354 g/mol. The number of methoxy groups -OCH3 is 1. The van der Waals surface area contributed by atoms with Gasteiger partial charge in [-0.1, -0.05) is 0 Å². The first-order valence-electron chi connectivity index (χ1n) is 7.14. The van der Waals surface area contributed by atoms with Gasteiger partial charge >= 0.3 is 6.18 Å². The quantitative estimate of drug-likeness (QED) is 0.649. The molecule has 0 radical (unpaired) electrons. The summed E-state index contributed by atoms with van der Waals surface area (Å²) in [6.07, 6.45) is 0.803. The van der Waals surface area contributed by atoms with Crippen molar-refractivity contribution in [2.75, 3.05) is 31.8 Å². The van der Waals surface area contributed by atoms with Crippen molar-refractivity contribution in [2.24, 2.45) is 0 Å². The second kappa shape index (κ2) is 7.24. The van der Waals surface area contributed by atoms with Crippen LogP contribution in [0.5, 0.6) is 0 Å². The lowest BCUT2D eigenvalue weighted by atomic mass is 10.0. The summed E-state index contributed by atoms with van der Waals surface area (Å²) >= 11 is 0. The van der Waals surface area contributed by atoms with Gasteiger partial charge in [0.1, 0.15) is 17.1 Å². The maximum Gasteiger partial charge on any atom is 0.421 e. The first-order chi connectivity index (χ1) is 11.8. The van der Waals surface area contributed by atoms with Crippen LogP contribution in [-0.4, -0.2) is 36.9 Å². The van der Waals surface area contributed by atoms with E-state index in [1.807, 2.05) is 0 Å². The number of nitrogens with one attached hydrogen (secondary N) is 4. The van der Waals surface area contributed by atoms with Crippen LogP contribution < -0.4 is 16.0 Å². The second-order valence-corrected chi connectivity index (χ2v) is 4.87. The number of nitrogens with zero attached hydrogens (tertiary/aromatic N) is 2. The van der Waals surface area contributed by atoms with Gasteiger partial charge < -0.3 is 26.1 Å². The largest absolute Gasteiger partial charge is 0.495 e. The zero-order valence-electron chi connectivity index (χ0n) is 13.7. The number of ether oxygens (including phenoxy) is 1. The lowest BCUT2D eigenvalue weighted by molar-refractivity contribution is -0.137. The fourth-order valence-electron chi connectivity index (χ4n) is 2.14. The predicted molar refractivity (Wildman–Crippen MR) is 88.2 cm³/mol. The Balaban J connectivity index is 2.46. The summed E-state index contributed by atoms with van der Waals surface area (Å²) in [6, 6.07) is 0. The number of allylic oxidation sites excluding steroid dienone is 3. The minimum absolute atomic E-state index is 0.0630. The zero-order chi connectivity index (χ0) is 18.6. The molecule has 0 bridgehead atoms. The van der Waals surface area contributed by atoms with Gasteiger partial charge in [0, 0.05) is 32.1 Å². The first kappa shape index (κ1) is 18.3. The normalized spacial score (nSPS) is 16.2. The highest BCUT2D eigenvalue weighted by Crippen LogP contribution is 2.34. The molecule has 25 heavy (non-hydrogen) atoms. The third-order valence-corrected chi connectivity index (χ3v) is 3.28. The van der Waals surface area contributed by atoms with E-state index in [-0.39, 0.29) is 17.5 Å². The number of hydrogen-bond donors (Lipinski definition) is 4. The van der Waals surface area contributed by atoms with Crippen LogP contribution in [0.4, 0.5) is 24.9 Å². The Morgan fingerprint density at radius 2 is 1.96 bits per heavy atom. The van der Waals surface area contributed by atoms with E-state index < -0.39 is 11.7 Å². The highest BCUT2D eigenvalue weighted by atomic mass is 19.4. The van der Waals surface area contributed by atoms with E-state index in [4.69, 9.17) is 10.1 Å². The Hall–Kier alpha value is -3.04. The Morgan fingerprint density at radius 3 is 2.52 bits per heavy atom. The molecule has 1 aromatic rings. The van der Waals surface area contributed by atoms with Crippen molar-refractivity contribution in [1.29, 1.82) is 5.41 Å². The summed E-state index contributed by atoms with van der Waals surface area (Å²) in [4.78, 5) is 7.58. The molecule has 4 N–H and O–H groups in total. The summed E-state index contributed by atoms with van der Waals surface area (Å²) in [5.41, 5.74) is 0.0460. The van der Waals surface area contributed by atoms with Crippen LogP contribution in [0, 0.1) is 5.41 Å². The Kier molecular flexibility index (Phi) is 5.30. The minimum atomic E-state index is -4.57. The molecule has 0 aliphatic heterocycles. The van der Waals surface area contributed by atoms with Gasteiger partial charge in [0.25, 0.3) is 0 Å². The Labute approximate surface area is 142 Å². The van der Waals surface area contributed by atoms with Crippen LogP contribution in [0.25, 0.3) is 0 Å². The van der Waals surface area contributed by atoms with Crippen molar-refractivity contribution >= 4 is 17.5 Å². The lowest BCUT2D eigenvalue weighted by Gasteiger charge is -2.20. The second-order valence-electron chi connectivity index (χ2n) is 4.87. The molecule has 2 rings (SSSR count). The third kappa shape index (κ3) is 3.90. The lowest BCUT2D eigenvalue weighted by Crippen LogP contribution is -2.19. The summed E-state index contributed by atoms with van der Waals surface area (Å²) in [7, 11) is 4.45. The Bertz CT molecular complexity index is 767. The number of hydrogen-bond acceptors (Lipinski definition) is 7. The monoisotopic (exact) mass is 354 g/mol. The minimum Gasteiger partial charge on any atom is -0.495 e. The molecule has 0 unspecified atom stereocenters. The molecule has 0 saturated heterocycles. The average Bonchev–Trinajstić information content (AvgIpc) is 2.57. The molecule has 1 aliphatic carbocycles. The SMILES string of the molecule is CN/C=C1\C(=N)C=CC(OC)=C1Nc1ncc(C(F)(F)F)c(NC)n1. The van der Waals surface area contributed by atoms with Gasteiger partial charge in [-0.25, -0.2) is 4.98 Å². The van der Waals surface area contributed by atoms with Crippen LogP contribution in [0.1, 0.15) is 5.56 Å². The number of aromatic nitrogens is 2. The maximum absolute atomic E-state index is 12.9. The topological polar surface area (TPSA) is 95.0 Å². The molecule has 134 valence electrons. The van der Waals surface area contributed by atoms with Gasteiger partial charge in [-0.2, -0.15) is 18.2 Å². The molecule has 0 aromatic carbocycles. The predicted octanol–water partition coefficient (Wildman–Crippen LogP) is 2.50. The van der Waals surface area contributed by atoms with Crippen molar-refractivity contribution in [3.8, 4) is 0 Å². The first-order valence-corrected chi connectivity index (χ1v) is 7.14. The van der Waals surface area contributed by atoms with E-state index in [0.29, 0.717) is 23.2 Å². The molecule has 10 heteroatoms. The molecule has 0 spiro atoms. The molecule has 1 aliphatic rings. The smallest absolute Gasteiger partial charge is 0.421 e. The summed E-state index contributed by atoms with van der Waals surface area (Å²) < 4.78 is 44.0. The maximum atomic E-state index is 12.9. The van der Waals surface area contributed by atoms with Crippen LogP contribution in [0.3, 0.4) is 0 Å². The van der Waals surface area contributed by atoms with Gasteiger partial charge in [-0.3, -0.25) is 0 Å². The molecule has 1 aromatic heterocycles. The fourth-order valence-corrected chi connectivity index (χ4v) is 2.14. The number of rotatable bonds is 5.